The number of imidazole rings is 1. The quantitative estimate of drug-likeness (QED) is 0.742. The van der Waals surface area contributed by atoms with Crippen molar-refractivity contribution in [2.45, 2.75) is 6.92 Å². The first-order valence-corrected chi connectivity index (χ1v) is 3.98. The molecule has 0 aliphatic carbocycles. The summed E-state index contributed by atoms with van der Waals surface area (Å²) in [6.45, 7) is 1.69. The molecule has 6 nitrogen and oxygen atoms in total. The molecular weight excluding hydrogens is 184 g/mol. The van der Waals surface area contributed by atoms with Crippen LogP contribution >= 0.6 is 0 Å². The molecule has 0 saturated carbocycles. The third kappa shape index (κ3) is 1.49. The van der Waals surface area contributed by atoms with Gasteiger partial charge in [-0.25, -0.2) is 9.97 Å². The maximum Gasteiger partial charge on any atom is 0.295 e. The lowest BCUT2D eigenvalue weighted by Crippen LogP contribution is -2.13. The van der Waals surface area contributed by atoms with Crippen molar-refractivity contribution >= 4 is 11.9 Å². The summed E-state index contributed by atoms with van der Waals surface area (Å²) >= 11 is 0. The van der Waals surface area contributed by atoms with Crippen LogP contribution in [0.2, 0.25) is 0 Å². The second kappa shape index (κ2) is 3.33. The molecule has 2 aromatic rings. The van der Waals surface area contributed by atoms with Gasteiger partial charge < -0.3 is 9.40 Å². The highest BCUT2D eigenvalue weighted by Gasteiger charge is 2.14. The van der Waals surface area contributed by atoms with Gasteiger partial charge in [0, 0.05) is 12.4 Å². The van der Waals surface area contributed by atoms with Crippen LogP contribution in [0.1, 0.15) is 16.2 Å². The average molecular weight is 192 g/mol. The summed E-state index contributed by atoms with van der Waals surface area (Å²) in [6, 6.07) is 0. The first kappa shape index (κ1) is 8.49. The van der Waals surface area contributed by atoms with Crippen LogP contribution in [-0.2, 0) is 0 Å². The fraction of sp³-hybridized carbons (Fsp3) is 0.125. The van der Waals surface area contributed by atoms with Gasteiger partial charge in [-0.1, -0.05) is 0 Å². The molecule has 0 aliphatic rings. The Labute approximate surface area is 79.4 Å². The summed E-state index contributed by atoms with van der Waals surface area (Å²) in [7, 11) is 0. The maximum atomic E-state index is 11.5. The Bertz CT molecular complexity index is 432. The zero-order chi connectivity index (χ0) is 9.97. The molecule has 0 aromatic carbocycles. The van der Waals surface area contributed by atoms with Crippen molar-refractivity contribution in [3.63, 3.8) is 0 Å². The van der Waals surface area contributed by atoms with E-state index in [4.69, 9.17) is 4.42 Å². The van der Waals surface area contributed by atoms with Crippen molar-refractivity contribution < 1.29 is 9.21 Å². The molecule has 6 heteroatoms. The van der Waals surface area contributed by atoms with Crippen molar-refractivity contribution in [2.24, 2.45) is 0 Å². The minimum atomic E-state index is -0.366. The molecule has 0 spiro atoms. The molecule has 0 saturated heterocycles. The Hall–Kier alpha value is -2.11. The summed E-state index contributed by atoms with van der Waals surface area (Å²) in [6.07, 6.45) is 4.39. The predicted molar refractivity (Wildman–Crippen MR) is 47.8 cm³/mol. The molecule has 2 aromatic heterocycles. The molecule has 0 unspecified atom stereocenters. The summed E-state index contributed by atoms with van der Waals surface area (Å²) in [5.74, 6) is 0.210. The lowest BCUT2D eigenvalue weighted by Gasteiger charge is -1.97. The van der Waals surface area contributed by atoms with Crippen LogP contribution in [0, 0.1) is 6.92 Å². The molecule has 72 valence electrons. The predicted octanol–water partition coefficient (Wildman–Crippen LogP) is 0.958. The highest BCUT2D eigenvalue weighted by atomic mass is 16.3. The Morgan fingerprint density at radius 1 is 1.57 bits per heavy atom. The van der Waals surface area contributed by atoms with E-state index in [2.05, 4.69) is 20.3 Å². The molecular formula is C8H8N4O2. The van der Waals surface area contributed by atoms with Gasteiger partial charge in [-0.15, -0.1) is 0 Å². The molecule has 0 atom stereocenters. The smallest absolute Gasteiger partial charge is 0.295 e. The maximum absolute atomic E-state index is 11.5. The van der Waals surface area contributed by atoms with E-state index in [1.165, 1.54) is 6.39 Å². The zero-order valence-electron chi connectivity index (χ0n) is 7.44. The molecule has 2 rings (SSSR count). The molecule has 0 bridgehead atoms. The van der Waals surface area contributed by atoms with Gasteiger partial charge in [0.05, 0.1) is 5.69 Å². The topological polar surface area (TPSA) is 83.8 Å². The van der Waals surface area contributed by atoms with Crippen LogP contribution < -0.4 is 5.32 Å². The molecule has 1 amide bonds. The Kier molecular flexibility index (Phi) is 2.02. The van der Waals surface area contributed by atoms with Crippen LogP contribution in [-0.4, -0.2) is 20.9 Å². The van der Waals surface area contributed by atoms with E-state index in [1.807, 2.05) is 0 Å². The number of carbonyl (C=O) groups excluding carboxylic acids is 1. The monoisotopic (exact) mass is 192 g/mol. The number of oxazole rings is 1. The van der Waals surface area contributed by atoms with Gasteiger partial charge in [0.25, 0.3) is 5.91 Å². The first-order valence-electron chi connectivity index (χ1n) is 3.98. The van der Waals surface area contributed by atoms with E-state index in [-0.39, 0.29) is 11.7 Å². The van der Waals surface area contributed by atoms with E-state index >= 15 is 0 Å². The number of hydrogen-bond acceptors (Lipinski definition) is 4. The first-order chi connectivity index (χ1) is 6.77. The number of nitrogens with zero attached hydrogens (tertiary/aromatic N) is 2. The highest BCUT2D eigenvalue weighted by molar-refractivity contribution is 6.01. The van der Waals surface area contributed by atoms with E-state index in [1.54, 1.807) is 19.3 Å². The minimum Gasteiger partial charge on any atom is -0.438 e. The van der Waals surface area contributed by atoms with Crippen LogP contribution in [0.4, 0.5) is 5.95 Å². The van der Waals surface area contributed by atoms with Gasteiger partial charge in [0.2, 0.25) is 11.7 Å². The number of hydrogen-bond donors (Lipinski definition) is 2. The van der Waals surface area contributed by atoms with Crippen molar-refractivity contribution in [3.05, 3.63) is 30.2 Å². The largest absolute Gasteiger partial charge is 0.438 e. The highest BCUT2D eigenvalue weighted by Crippen LogP contribution is 2.07. The SMILES string of the molecule is Cc1ncoc1C(=O)Nc1ncc[nH]1. The van der Waals surface area contributed by atoms with Gasteiger partial charge in [0.1, 0.15) is 0 Å². The molecule has 14 heavy (non-hydrogen) atoms. The van der Waals surface area contributed by atoms with E-state index in [0.717, 1.165) is 0 Å². The fourth-order valence-electron chi connectivity index (χ4n) is 1.02. The van der Waals surface area contributed by atoms with Crippen LogP contribution in [0.3, 0.4) is 0 Å². The normalized spacial score (nSPS) is 10.1. The fourth-order valence-corrected chi connectivity index (χ4v) is 1.02. The standard InChI is InChI=1S/C8H8N4O2/c1-5-6(14-4-11-5)7(13)12-8-9-2-3-10-8/h2-4H,1H3,(H2,9,10,12,13). The number of aromatic nitrogens is 3. The van der Waals surface area contributed by atoms with Gasteiger partial charge >= 0.3 is 0 Å². The molecule has 0 radical (unpaired) electrons. The third-order valence-corrected chi connectivity index (χ3v) is 1.68. The zero-order valence-corrected chi connectivity index (χ0v) is 7.44. The van der Waals surface area contributed by atoms with Crippen molar-refractivity contribution in [1.82, 2.24) is 15.0 Å². The summed E-state index contributed by atoms with van der Waals surface area (Å²) < 4.78 is 4.91. The van der Waals surface area contributed by atoms with Gasteiger partial charge in [-0.3, -0.25) is 10.1 Å². The van der Waals surface area contributed by atoms with Gasteiger partial charge in [-0.05, 0) is 6.92 Å². The lowest BCUT2D eigenvalue weighted by molar-refractivity contribution is 0.0995. The molecule has 2 N–H and O–H groups in total. The number of nitrogens with one attached hydrogen (secondary N) is 2. The van der Waals surface area contributed by atoms with Crippen LogP contribution in [0.5, 0.6) is 0 Å². The number of rotatable bonds is 2. The minimum absolute atomic E-state index is 0.196. The molecule has 2 heterocycles. The number of H-pyrrole nitrogens is 1. The Morgan fingerprint density at radius 2 is 2.43 bits per heavy atom. The second-order valence-electron chi connectivity index (χ2n) is 2.66. The van der Waals surface area contributed by atoms with Crippen LogP contribution in [0.25, 0.3) is 0 Å². The van der Waals surface area contributed by atoms with Gasteiger partial charge in [0.15, 0.2) is 6.39 Å². The van der Waals surface area contributed by atoms with Crippen molar-refractivity contribution in [2.75, 3.05) is 5.32 Å². The second-order valence-corrected chi connectivity index (χ2v) is 2.66. The molecule has 0 aliphatic heterocycles. The number of aryl methyl sites for hydroxylation is 1. The van der Waals surface area contributed by atoms with E-state index in [0.29, 0.717) is 11.6 Å². The van der Waals surface area contributed by atoms with Crippen molar-refractivity contribution in [1.29, 1.82) is 0 Å². The lowest BCUT2D eigenvalue weighted by atomic mass is 10.3. The third-order valence-electron chi connectivity index (χ3n) is 1.68. The average Bonchev–Trinajstić information content (AvgIpc) is 2.75. The van der Waals surface area contributed by atoms with E-state index in [9.17, 15) is 4.79 Å². The van der Waals surface area contributed by atoms with E-state index < -0.39 is 0 Å². The number of carbonyl (C=O) groups is 1. The Balaban J connectivity index is 2.14. The number of aromatic amines is 1. The Morgan fingerprint density at radius 3 is 3.00 bits per heavy atom. The van der Waals surface area contributed by atoms with Crippen molar-refractivity contribution in [3.8, 4) is 0 Å². The summed E-state index contributed by atoms with van der Waals surface area (Å²) in [5.41, 5.74) is 0.550. The van der Waals surface area contributed by atoms with Gasteiger partial charge in [-0.2, -0.15) is 0 Å². The van der Waals surface area contributed by atoms with Crippen LogP contribution in [0.15, 0.2) is 23.2 Å². The number of amides is 1. The number of anilines is 1. The summed E-state index contributed by atoms with van der Waals surface area (Å²) in [5, 5.41) is 2.53. The molecule has 0 fully saturated rings. The summed E-state index contributed by atoms with van der Waals surface area (Å²) in [4.78, 5) is 21.9.